The average molecular weight is 256 g/mol. The number of benzene rings is 1. The summed E-state index contributed by atoms with van der Waals surface area (Å²) in [6.07, 6.45) is 0. The van der Waals surface area contributed by atoms with Crippen LogP contribution in [0, 0.1) is 6.92 Å². The van der Waals surface area contributed by atoms with Gasteiger partial charge in [0.15, 0.2) is 5.69 Å². The standard InChI is InChI=1S/C14H16N4O/c1-3-18(12-7-5-4-6-10(12)2)14(19)11-8-9-13(15)17-16-11/h4-9H,3H2,1-2H3,(H2,15,17). The highest BCUT2D eigenvalue weighted by molar-refractivity contribution is 6.05. The lowest BCUT2D eigenvalue weighted by Gasteiger charge is -2.22. The second kappa shape index (κ2) is 5.48. The first-order valence-electron chi connectivity index (χ1n) is 6.10. The Bertz CT molecular complexity index is 580. The van der Waals surface area contributed by atoms with Gasteiger partial charge in [0.2, 0.25) is 0 Å². The van der Waals surface area contributed by atoms with Gasteiger partial charge in [-0.1, -0.05) is 18.2 Å². The number of para-hydroxylation sites is 1. The van der Waals surface area contributed by atoms with E-state index < -0.39 is 0 Å². The molecule has 1 aromatic heterocycles. The van der Waals surface area contributed by atoms with Gasteiger partial charge in [0.05, 0.1) is 0 Å². The fourth-order valence-electron chi connectivity index (χ4n) is 1.88. The first-order chi connectivity index (χ1) is 9.13. The van der Waals surface area contributed by atoms with Gasteiger partial charge in [-0.25, -0.2) is 0 Å². The van der Waals surface area contributed by atoms with Crippen LogP contribution in [0.4, 0.5) is 11.5 Å². The van der Waals surface area contributed by atoms with E-state index in [1.165, 1.54) is 0 Å². The fourth-order valence-corrected chi connectivity index (χ4v) is 1.88. The number of hydrogen-bond donors (Lipinski definition) is 1. The molecule has 2 N–H and O–H groups in total. The van der Waals surface area contributed by atoms with Crippen molar-refractivity contribution in [1.82, 2.24) is 10.2 Å². The van der Waals surface area contributed by atoms with E-state index in [0.29, 0.717) is 18.1 Å². The smallest absolute Gasteiger partial charge is 0.278 e. The predicted octanol–water partition coefficient (Wildman–Crippen LogP) is 2.03. The van der Waals surface area contributed by atoms with Crippen molar-refractivity contribution in [2.24, 2.45) is 0 Å². The summed E-state index contributed by atoms with van der Waals surface area (Å²) in [5, 5.41) is 7.55. The minimum absolute atomic E-state index is 0.177. The highest BCUT2D eigenvalue weighted by Crippen LogP contribution is 2.20. The van der Waals surface area contributed by atoms with Crippen molar-refractivity contribution >= 4 is 17.4 Å². The van der Waals surface area contributed by atoms with Crippen molar-refractivity contribution in [3.05, 3.63) is 47.7 Å². The normalized spacial score (nSPS) is 10.2. The predicted molar refractivity (Wildman–Crippen MR) is 75.0 cm³/mol. The summed E-state index contributed by atoms with van der Waals surface area (Å²) in [6.45, 7) is 4.46. The van der Waals surface area contributed by atoms with Gasteiger partial charge in [-0.05, 0) is 37.6 Å². The molecule has 0 atom stereocenters. The van der Waals surface area contributed by atoms with Crippen molar-refractivity contribution in [2.45, 2.75) is 13.8 Å². The number of aryl methyl sites for hydroxylation is 1. The van der Waals surface area contributed by atoms with Crippen LogP contribution < -0.4 is 10.6 Å². The molecule has 5 heteroatoms. The van der Waals surface area contributed by atoms with Crippen LogP contribution in [0.3, 0.4) is 0 Å². The van der Waals surface area contributed by atoms with Gasteiger partial charge < -0.3 is 10.6 Å². The highest BCUT2D eigenvalue weighted by atomic mass is 16.2. The zero-order valence-electron chi connectivity index (χ0n) is 11.0. The van der Waals surface area contributed by atoms with Crippen molar-refractivity contribution in [1.29, 1.82) is 0 Å². The number of hydrogen-bond acceptors (Lipinski definition) is 4. The molecule has 0 bridgehead atoms. The van der Waals surface area contributed by atoms with Crippen LogP contribution in [0.15, 0.2) is 36.4 Å². The van der Waals surface area contributed by atoms with Crippen LogP contribution >= 0.6 is 0 Å². The third-order valence-corrected chi connectivity index (χ3v) is 2.87. The number of nitrogens with two attached hydrogens (primary N) is 1. The maximum Gasteiger partial charge on any atom is 0.278 e. The van der Waals surface area contributed by atoms with Gasteiger partial charge in [0, 0.05) is 12.2 Å². The number of nitrogens with zero attached hydrogens (tertiary/aromatic N) is 3. The largest absolute Gasteiger partial charge is 0.382 e. The molecule has 0 aliphatic heterocycles. The van der Waals surface area contributed by atoms with E-state index >= 15 is 0 Å². The minimum Gasteiger partial charge on any atom is -0.382 e. The van der Waals surface area contributed by atoms with Gasteiger partial charge in [-0.15, -0.1) is 10.2 Å². The number of anilines is 2. The Kier molecular flexibility index (Phi) is 3.75. The van der Waals surface area contributed by atoms with Crippen LogP contribution in [0.25, 0.3) is 0 Å². The third kappa shape index (κ3) is 2.70. The molecule has 0 spiro atoms. The van der Waals surface area contributed by atoms with Gasteiger partial charge in [0.25, 0.3) is 5.91 Å². The molecule has 0 saturated heterocycles. The fraction of sp³-hybridized carbons (Fsp3) is 0.214. The maximum absolute atomic E-state index is 12.4. The Hall–Kier alpha value is -2.43. The van der Waals surface area contributed by atoms with E-state index in [0.717, 1.165) is 11.3 Å². The van der Waals surface area contributed by atoms with Gasteiger partial charge >= 0.3 is 0 Å². The van der Waals surface area contributed by atoms with Gasteiger partial charge in [-0.3, -0.25) is 4.79 Å². The molecular formula is C14H16N4O. The Morgan fingerprint density at radius 2 is 1.95 bits per heavy atom. The summed E-state index contributed by atoms with van der Waals surface area (Å²) in [5.41, 5.74) is 7.69. The molecule has 0 saturated carbocycles. The van der Waals surface area contributed by atoms with E-state index in [4.69, 9.17) is 5.73 Å². The second-order valence-corrected chi connectivity index (χ2v) is 4.18. The van der Waals surface area contributed by atoms with Crippen LogP contribution in [0.5, 0.6) is 0 Å². The van der Waals surface area contributed by atoms with Crippen molar-refractivity contribution < 1.29 is 4.79 Å². The van der Waals surface area contributed by atoms with Crippen molar-refractivity contribution in [3.8, 4) is 0 Å². The minimum atomic E-state index is -0.177. The number of amides is 1. The lowest BCUT2D eigenvalue weighted by molar-refractivity contribution is 0.0982. The first-order valence-corrected chi connectivity index (χ1v) is 6.10. The van der Waals surface area contributed by atoms with Crippen LogP contribution in [-0.4, -0.2) is 22.6 Å². The molecule has 1 amide bonds. The van der Waals surface area contributed by atoms with E-state index in [1.807, 2.05) is 38.1 Å². The molecule has 1 aromatic carbocycles. The lowest BCUT2D eigenvalue weighted by atomic mass is 10.1. The molecular weight excluding hydrogens is 240 g/mol. The van der Waals surface area contributed by atoms with E-state index in [-0.39, 0.29) is 5.91 Å². The lowest BCUT2D eigenvalue weighted by Crippen LogP contribution is -2.32. The number of rotatable bonds is 3. The Morgan fingerprint density at radius 3 is 2.53 bits per heavy atom. The zero-order chi connectivity index (χ0) is 13.8. The maximum atomic E-state index is 12.4. The summed E-state index contributed by atoms with van der Waals surface area (Å²) in [7, 11) is 0. The molecule has 0 aliphatic rings. The first kappa shape index (κ1) is 13.0. The number of carbonyl (C=O) groups excluding carboxylic acids is 1. The molecule has 0 fully saturated rings. The summed E-state index contributed by atoms with van der Waals surface area (Å²) in [6, 6.07) is 10.9. The number of aromatic nitrogens is 2. The van der Waals surface area contributed by atoms with Crippen molar-refractivity contribution in [3.63, 3.8) is 0 Å². The molecule has 2 rings (SSSR count). The summed E-state index contributed by atoms with van der Waals surface area (Å²) < 4.78 is 0. The molecule has 0 unspecified atom stereocenters. The Labute approximate surface area is 112 Å². The van der Waals surface area contributed by atoms with Gasteiger partial charge in [0.1, 0.15) is 5.82 Å². The SMILES string of the molecule is CCN(C(=O)c1ccc(N)nn1)c1ccccc1C. The molecule has 0 aliphatic carbocycles. The highest BCUT2D eigenvalue weighted by Gasteiger charge is 2.18. The van der Waals surface area contributed by atoms with Crippen LogP contribution in [0.2, 0.25) is 0 Å². The molecule has 0 radical (unpaired) electrons. The van der Waals surface area contributed by atoms with Gasteiger partial charge in [-0.2, -0.15) is 0 Å². The zero-order valence-corrected chi connectivity index (χ0v) is 11.0. The second-order valence-electron chi connectivity index (χ2n) is 4.18. The molecule has 5 nitrogen and oxygen atoms in total. The van der Waals surface area contributed by atoms with Crippen LogP contribution in [0.1, 0.15) is 23.0 Å². The Morgan fingerprint density at radius 1 is 1.21 bits per heavy atom. The third-order valence-electron chi connectivity index (χ3n) is 2.87. The number of nitrogen functional groups attached to an aromatic ring is 1. The number of carbonyl (C=O) groups is 1. The monoisotopic (exact) mass is 256 g/mol. The van der Waals surface area contributed by atoms with E-state index in [2.05, 4.69) is 10.2 Å². The van der Waals surface area contributed by atoms with Crippen molar-refractivity contribution in [2.75, 3.05) is 17.2 Å². The van der Waals surface area contributed by atoms with E-state index in [9.17, 15) is 4.79 Å². The molecule has 2 aromatic rings. The Balaban J connectivity index is 2.35. The molecule has 98 valence electrons. The summed E-state index contributed by atoms with van der Waals surface area (Å²) >= 11 is 0. The molecule has 19 heavy (non-hydrogen) atoms. The summed E-state index contributed by atoms with van der Waals surface area (Å²) in [5.74, 6) is 0.125. The topological polar surface area (TPSA) is 72.1 Å². The average Bonchev–Trinajstić information content (AvgIpc) is 2.42. The van der Waals surface area contributed by atoms with E-state index in [1.54, 1.807) is 17.0 Å². The molecule has 1 heterocycles. The summed E-state index contributed by atoms with van der Waals surface area (Å²) in [4.78, 5) is 14.1. The van der Waals surface area contributed by atoms with Crippen LogP contribution in [-0.2, 0) is 0 Å². The quantitative estimate of drug-likeness (QED) is 0.912.